The molecule has 15 heavy (non-hydrogen) atoms. The molecule has 0 aliphatic carbocycles. The van der Waals surface area contributed by atoms with Gasteiger partial charge in [0.05, 0.1) is 0 Å². The highest BCUT2D eigenvalue weighted by Crippen LogP contribution is 2.13. The van der Waals surface area contributed by atoms with Crippen LogP contribution in [0, 0.1) is 5.92 Å². The van der Waals surface area contributed by atoms with Crippen LogP contribution in [0.5, 0.6) is 0 Å². The lowest BCUT2D eigenvalue weighted by Gasteiger charge is -2.31. The SMILES string of the molecule is CC(C)C(=O)NC(C)(C)CN1CCCC1. The first kappa shape index (κ1) is 12.5. The molecule has 0 radical (unpaired) electrons. The van der Waals surface area contributed by atoms with Crippen molar-refractivity contribution >= 4 is 5.91 Å². The molecule has 0 atom stereocenters. The molecule has 0 bridgehead atoms. The molecule has 0 unspecified atom stereocenters. The van der Waals surface area contributed by atoms with Gasteiger partial charge >= 0.3 is 0 Å². The van der Waals surface area contributed by atoms with Crippen LogP contribution in [-0.4, -0.2) is 36.0 Å². The topological polar surface area (TPSA) is 32.3 Å². The second-order valence-electron chi connectivity index (χ2n) is 5.51. The Balaban J connectivity index is 2.39. The van der Waals surface area contributed by atoms with E-state index in [9.17, 15) is 4.79 Å². The van der Waals surface area contributed by atoms with Crippen LogP contribution < -0.4 is 5.32 Å². The van der Waals surface area contributed by atoms with Crippen LogP contribution in [0.1, 0.15) is 40.5 Å². The smallest absolute Gasteiger partial charge is 0.223 e. The van der Waals surface area contributed by atoms with Gasteiger partial charge in [-0.05, 0) is 39.8 Å². The fourth-order valence-electron chi connectivity index (χ4n) is 2.02. The number of nitrogens with one attached hydrogen (secondary N) is 1. The average molecular weight is 212 g/mol. The van der Waals surface area contributed by atoms with E-state index in [0.717, 1.165) is 6.54 Å². The van der Waals surface area contributed by atoms with E-state index in [0.29, 0.717) is 0 Å². The predicted molar refractivity (Wildman–Crippen MR) is 62.7 cm³/mol. The third-order valence-electron chi connectivity index (χ3n) is 2.80. The van der Waals surface area contributed by atoms with Crippen molar-refractivity contribution < 1.29 is 4.79 Å². The van der Waals surface area contributed by atoms with Crippen LogP contribution in [0.2, 0.25) is 0 Å². The summed E-state index contributed by atoms with van der Waals surface area (Å²) in [6.07, 6.45) is 2.60. The van der Waals surface area contributed by atoms with E-state index in [1.807, 2.05) is 13.8 Å². The molecule has 1 heterocycles. The minimum absolute atomic E-state index is 0.0721. The Morgan fingerprint density at radius 2 is 1.87 bits per heavy atom. The average Bonchev–Trinajstić information content (AvgIpc) is 2.54. The second-order valence-corrected chi connectivity index (χ2v) is 5.51. The van der Waals surface area contributed by atoms with Gasteiger partial charge in [-0.3, -0.25) is 4.79 Å². The minimum atomic E-state index is -0.105. The van der Waals surface area contributed by atoms with Gasteiger partial charge in [0, 0.05) is 18.0 Å². The predicted octanol–water partition coefficient (Wildman–Crippen LogP) is 1.63. The summed E-state index contributed by atoms with van der Waals surface area (Å²) >= 11 is 0. The van der Waals surface area contributed by atoms with E-state index >= 15 is 0 Å². The largest absolute Gasteiger partial charge is 0.350 e. The Morgan fingerprint density at radius 3 is 2.33 bits per heavy atom. The summed E-state index contributed by atoms with van der Waals surface area (Å²) in [6, 6.07) is 0. The maximum Gasteiger partial charge on any atom is 0.223 e. The number of carbonyl (C=O) groups is 1. The van der Waals surface area contributed by atoms with Crippen molar-refractivity contribution in [1.29, 1.82) is 0 Å². The van der Waals surface area contributed by atoms with Gasteiger partial charge in [0.2, 0.25) is 5.91 Å². The van der Waals surface area contributed by atoms with Crippen molar-refractivity contribution in [1.82, 2.24) is 10.2 Å². The molecule has 1 fully saturated rings. The van der Waals surface area contributed by atoms with E-state index in [4.69, 9.17) is 0 Å². The van der Waals surface area contributed by atoms with E-state index in [1.54, 1.807) is 0 Å². The standard InChI is InChI=1S/C12H24N2O/c1-10(2)11(15)13-12(3,4)9-14-7-5-6-8-14/h10H,5-9H2,1-4H3,(H,13,15). The van der Waals surface area contributed by atoms with Gasteiger partial charge in [-0.15, -0.1) is 0 Å². The molecular formula is C12H24N2O. The maximum atomic E-state index is 11.6. The highest BCUT2D eigenvalue weighted by Gasteiger charge is 2.25. The minimum Gasteiger partial charge on any atom is -0.350 e. The first-order valence-electron chi connectivity index (χ1n) is 5.95. The van der Waals surface area contributed by atoms with Gasteiger partial charge in [-0.25, -0.2) is 0 Å². The van der Waals surface area contributed by atoms with Crippen molar-refractivity contribution in [2.75, 3.05) is 19.6 Å². The molecule has 0 aromatic rings. The molecule has 1 N–H and O–H groups in total. The molecule has 0 aromatic carbocycles. The molecule has 1 amide bonds. The molecule has 0 aromatic heterocycles. The van der Waals surface area contributed by atoms with Crippen molar-refractivity contribution in [2.45, 2.75) is 46.1 Å². The van der Waals surface area contributed by atoms with E-state index in [1.165, 1.54) is 25.9 Å². The third-order valence-corrected chi connectivity index (χ3v) is 2.80. The van der Waals surface area contributed by atoms with Gasteiger partial charge in [-0.2, -0.15) is 0 Å². The molecular weight excluding hydrogens is 188 g/mol. The Bertz CT molecular complexity index is 218. The summed E-state index contributed by atoms with van der Waals surface area (Å²) in [5.74, 6) is 0.224. The van der Waals surface area contributed by atoms with Crippen LogP contribution >= 0.6 is 0 Å². The quantitative estimate of drug-likeness (QED) is 0.768. The van der Waals surface area contributed by atoms with Crippen molar-refractivity contribution in [2.24, 2.45) is 5.92 Å². The maximum absolute atomic E-state index is 11.6. The van der Waals surface area contributed by atoms with Gasteiger partial charge in [0.25, 0.3) is 0 Å². The third kappa shape index (κ3) is 4.20. The molecule has 1 aliphatic heterocycles. The summed E-state index contributed by atoms with van der Waals surface area (Å²) in [7, 11) is 0. The molecule has 3 heteroatoms. The highest BCUT2D eigenvalue weighted by molar-refractivity contribution is 5.78. The summed E-state index contributed by atoms with van der Waals surface area (Å²) in [6.45, 7) is 11.4. The number of amides is 1. The zero-order valence-corrected chi connectivity index (χ0v) is 10.5. The fraction of sp³-hybridized carbons (Fsp3) is 0.917. The van der Waals surface area contributed by atoms with Gasteiger partial charge in [0.15, 0.2) is 0 Å². The van der Waals surface area contributed by atoms with Crippen molar-refractivity contribution in [3.05, 3.63) is 0 Å². The van der Waals surface area contributed by atoms with Crippen LogP contribution in [-0.2, 0) is 4.79 Å². The molecule has 1 saturated heterocycles. The van der Waals surface area contributed by atoms with Crippen LogP contribution in [0.15, 0.2) is 0 Å². The number of carbonyl (C=O) groups excluding carboxylic acids is 1. The number of hydrogen-bond donors (Lipinski definition) is 1. The zero-order valence-electron chi connectivity index (χ0n) is 10.5. The first-order chi connectivity index (χ1) is 6.91. The molecule has 1 rings (SSSR count). The molecule has 0 spiro atoms. The van der Waals surface area contributed by atoms with Crippen LogP contribution in [0.4, 0.5) is 0 Å². The molecule has 1 aliphatic rings. The summed E-state index contributed by atoms with van der Waals surface area (Å²) in [5.41, 5.74) is -0.105. The lowest BCUT2D eigenvalue weighted by atomic mass is 10.0. The zero-order chi connectivity index (χ0) is 11.5. The number of rotatable bonds is 4. The van der Waals surface area contributed by atoms with Gasteiger partial charge in [-0.1, -0.05) is 13.8 Å². The monoisotopic (exact) mass is 212 g/mol. The van der Waals surface area contributed by atoms with Crippen molar-refractivity contribution in [3.8, 4) is 0 Å². The van der Waals surface area contributed by atoms with E-state index in [-0.39, 0.29) is 17.4 Å². The second kappa shape index (κ2) is 4.97. The number of nitrogens with zero attached hydrogens (tertiary/aromatic N) is 1. The molecule has 3 nitrogen and oxygen atoms in total. The van der Waals surface area contributed by atoms with Gasteiger partial charge < -0.3 is 10.2 Å². The Hall–Kier alpha value is -0.570. The summed E-state index contributed by atoms with van der Waals surface area (Å²) in [5, 5.41) is 3.10. The highest BCUT2D eigenvalue weighted by atomic mass is 16.2. The molecule has 0 saturated carbocycles. The van der Waals surface area contributed by atoms with Crippen molar-refractivity contribution in [3.63, 3.8) is 0 Å². The Labute approximate surface area is 93.2 Å². The van der Waals surface area contributed by atoms with Gasteiger partial charge in [0.1, 0.15) is 0 Å². The van der Waals surface area contributed by atoms with E-state index in [2.05, 4.69) is 24.1 Å². The van der Waals surface area contributed by atoms with Crippen LogP contribution in [0.25, 0.3) is 0 Å². The number of likely N-dealkylation sites (tertiary alicyclic amines) is 1. The Morgan fingerprint density at radius 1 is 1.33 bits per heavy atom. The summed E-state index contributed by atoms with van der Waals surface area (Å²) in [4.78, 5) is 14.0. The van der Waals surface area contributed by atoms with Crippen LogP contribution in [0.3, 0.4) is 0 Å². The molecule has 88 valence electrons. The van der Waals surface area contributed by atoms with E-state index < -0.39 is 0 Å². The number of hydrogen-bond acceptors (Lipinski definition) is 2. The fourth-order valence-corrected chi connectivity index (χ4v) is 2.02. The summed E-state index contributed by atoms with van der Waals surface area (Å²) < 4.78 is 0. The Kier molecular flexibility index (Phi) is 4.14. The lowest BCUT2D eigenvalue weighted by Crippen LogP contribution is -2.52. The normalized spacial score (nSPS) is 18.5. The lowest BCUT2D eigenvalue weighted by molar-refractivity contribution is -0.125. The first-order valence-corrected chi connectivity index (χ1v) is 5.95.